The molecule has 1 aliphatic rings. The molecule has 1 heterocycles. The van der Waals surface area contributed by atoms with Crippen LogP contribution in [0.2, 0.25) is 0 Å². The zero-order chi connectivity index (χ0) is 19.8. The van der Waals surface area contributed by atoms with Gasteiger partial charge in [0, 0.05) is 30.7 Å². The summed E-state index contributed by atoms with van der Waals surface area (Å²) < 4.78 is 10.4. The number of aromatic nitrogens is 2. The second kappa shape index (κ2) is 9.73. The van der Waals surface area contributed by atoms with Gasteiger partial charge in [-0.05, 0) is 44.2 Å². The fraction of sp³-hybridized carbons (Fsp3) is 0.381. The summed E-state index contributed by atoms with van der Waals surface area (Å²) in [4.78, 5) is 20.9. The molecule has 0 saturated carbocycles. The fourth-order valence-electron chi connectivity index (χ4n) is 3.12. The van der Waals surface area contributed by atoms with E-state index < -0.39 is 0 Å². The summed E-state index contributed by atoms with van der Waals surface area (Å²) in [6.07, 6.45) is 11.3. The van der Waals surface area contributed by atoms with Crippen molar-refractivity contribution in [2.45, 2.75) is 32.1 Å². The zero-order valence-corrected chi connectivity index (χ0v) is 16.3. The second-order valence-electron chi connectivity index (χ2n) is 6.60. The van der Waals surface area contributed by atoms with Gasteiger partial charge in [0.25, 0.3) is 5.91 Å². The Bertz CT molecular complexity index is 834. The first kappa shape index (κ1) is 19.7. The maximum absolute atomic E-state index is 12.4. The minimum Gasteiger partial charge on any atom is -0.493 e. The molecule has 7 heteroatoms. The molecule has 0 bridgehead atoms. The molecule has 0 atom stereocenters. The molecular formula is C21H26N4O3. The average molecular weight is 382 g/mol. The van der Waals surface area contributed by atoms with Gasteiger partial charge in [-0.2, -0.15) is 0 Å². The number of amides is 1. The van der Waals surface area contributed by atoms with E-state index in [1.807, 2.05) is 0 Å². The Morgan fingerprint density at radius 1 is 1.11 bits per heavy atom. The van der Waals surface area contributed by atoms with Gasteiger partial charge in [-0.15, -0.1) is 0 Å². The molecule has 0 radical (unpaired) electrons. The number of allylic oxidation sites excluding steroid dienone is 1. The predicted molar refractivity (Wildman–Crippen MR) is 109 cm³/mol. The summed E-state index contributed by atoms with van der Waals surface area (Å²) in [5, 5.41) is 6.02. The Morgan fingerprint density at radius 3 is 2.57 bits per heavy atom. The van der Waals surface area contributed by atoms with Crippen molar-refractivity contribution in [3.8, 4) is 11.5 Å². The Kier molecular flexibility index (Phi) is 6.84. The van der Waals surface area contributed by atoms with Crippen LogP contribution < -0.4 is 20.1 Å². The third kappa shape index (κ3) is 5.22. The Labute approximate surface area is 165 Å². The molecule has 1 aromatic heterocycles. The molecular weight excluding hydrogens is 356 g/mol. The van der Waals surface area contributed by atoms with Crippen molar-refractivity contribution in [3.63, 3.8) is 0 Å². The van der Waals surface area contributed by atoms with Crippen LogP contribution in [0.15, 0.2) is 42.2 Å². The van der Waals surface area contributed by atoms with Crippen LogP contribution in [0.4, 0.5) is 11.6 Å². The van der Waals surface area contributed by atoms with Gasteiger partial charge in [0.05, 0.1) is 19.8 Å². The molecule has 28 heavy (non-hydrogen) atoms. The molecule has 0 unspecified atom stereocenters. The molecule has 0 fully saturated rings. The monoisotopic (exact) mass is 382 g/mol. The van der Waals surface area contributed by atoms with Gasteiger partial charge in [0.15, 0.2) is 11.5 Å². The number of rotatable bonds is 8. The van der Waals surface area contributed by atoms with Gasteiger partial charge in [0.1, 0.15) is 0 Å². The third-order valence-corrected chi connectivity index (χ3v) is 4.67. The van der Waals surface area contributed by atoms with Gasteiger partial charge in [-0.3, -0.25) is 4.79 Å². The van der Waals surface area contributed by atoms with E-state index in [0.29, 0.717) is 28.7 Å². The zero-order valence-electron chi connectivity index (χ0n) is 16.3. The first-order chi connectivity index (χ1) is 13.7. The van der Waals surface area contributed by atoms with Crippen LogP contribution in [0, 0.1) is 0 Å². The van der Waals surface area contributed by atoms with Crippen molar-refractivity contribution in [3.05, 3.63) is 47.8 Å². The number of benzene rings is 1. The first-order valence-electron chi connectivity index (χ1n) is 9.47. The van der Waals surface area contributed by atoms with Crippen molar-refractivity contribution in [2.75, 3.05) is 31.4 Å². The van der Waals surface area contributed by atoms with Crippen LogP contribution in [0.5, 0.6) is 11.5 Å². The first-order valence-corrected chi connectivity index (χ1v) is 9.47. The van der Waals surface area contributed by atoms with E-state index in [-0.39, 0.29) is 5.91 Å². The number of carbonyl (C=O) groups is 1. The Balaban J connectivity index is 1.54. The highest BCUT2D eigenvalue weighted by Gasteiger charge is 2.11. The summed E-state index contributed by atoms with van der Waals surface area (Å²) >= 11 is 0. The number of nitrogens with zero attached hydrogens (tertiary/aromatic N) is 2. The lowest BCUT2D eigenvalue weighted by atomic mass is 9.97. The van der Waals surface area contributed by atoms with Crippen LogP contribution in [0.25, 0.3) is 0 Å². The molecule has 1 aromatic carbocycles. The van der Waals surface area contributed by atoms with Crippen LogP contribution in [-0.4, -0.2) is 36.6 Å². The lowest BCUT2D eigenvalue weighted by Crippen LogP contribution is -2.14. The van der Waals surface area contributed by atoms with Gasteiger partial charge >= 0.3 is 0 Å². The van der Waals surface area contributed by atoms with Crippen molar-refractivity contribution >= 4 is 17.5 Å². The van der Waals surface area contributed by atoms with Crippen molar-refractivity contribution < 1.29 is 14.3 Å². The highest BCUT2D eigenvalue weighted by Crippen LogP contribution is 2.29. The molecule has 1 aliphatic carbocycles. The van der Waals surface area contributed by atoms with Crippen LogP contribution in [-0.2, 0) is 0 Å². The van der Waals surface area contributed by atoms with Crippen LogP contribution >= 0.6 is 0 Å². The van der Waals surface area contributed by atoms with Crippen LogP contribution in [0.1, 0.15) is 42.5 Å². The lowest BCUT2D eigenvalue weighted by Gasteiger charge is -2.13. The molecule has 148 valence electrons. The van der Waals surface area contributed by atoms with Crippen molar-refractivity contribution in [1.82, 2.24) is 9.97 Å². The molecule has 0 aliphatic heterocycles. The molecule has 2 aromatic rings. The smallest absolute Gasteiger partial charge is 0.258 e. The number of hydrogen-bond donors (Lipinski definition) is 2. The fourth-order valence-corrected chi connectivity index (χ4v) is 3.12. The van der Waals surface area contributed by atoms with E-state index in [0.717, 1.165) is 13.0 Å². The Hall–Kier alpha value is -3.09. The van der Waals surface area contributed by atoms with Gasteiger partial charge < -0.3 is 20.1 Å². The number of ether oxygens (including phenoxy) is 2. The minimum atomic E-state index is -0.286. The quantitative estimate of drug-likeness (QED) is 0.670. The maximum Gasteiger partial charge on any atom is 0.258 e. The number of nitrogens with one attached hydrogen (secondary N) is 2. The molecule has 0 spiro atoms. The van der Waals surface area contributed by atoms with E-state index in [1.165, 1.54) is 43.7 Å². The van der Waals surface area contributed by atoms with E-state index in [1.54, 1.807) is 32.4 Å². The maximum atomic E-state index is 12.4. The van der Waals surface area contributed by atoms with Crippen molar-refractivity contribution in [1.29, 1.82) is 0 Å². The van der Waals surface area contributed by atoms with E-state index >= 15 is 0 Å². The van der Waals surface area contributed by atoms with E-state index in [2.05, 4.69) is 26.7 Å². The lowest BCUT2D eigenvalue weighted by molar-refractivity contribution is 0.102. The Morgan fingerprint density at radius 2 is 1.89 bits per heavy atom. The summed E-state index contributed by atoms with van der Waals surface area (Å²) in [6, 6.07) is 5.18. The summed E-state index contributed by atoms with van der Waals surface area (Å²) in [5.74, 6) is 1.39. The normalized spacial score (nSPS) is 13.4. The second-order valence-corrected chi connectivity index (χ2v) is 6.60. The molecule has 2 N–H and O–H groups in total. The number of hydrogen-bond acceptors (Lipinski definition) is 6. The third-order valence-electron chi connectivity index (χ3n) is 4.67. The summed E-state index contributed by atoms with van der Waals surface area (Å²) in [7, 11) is 3.11. The summed E-state index contributed by atoms with van der Waals surface area (Å²) in [6.45, 7) is 0.795. The predicted octanol–water partition coefficient (Wildman–Crippen LogP) is 4.05. The highest BCUT2D eigenvalue weighted by atomic mass is 16.5. The van der Waals surface area contributed by atoms with Crippen molar-refractivity contribution in [2.24, 2.45) is 0 Å². The average Bonchev–Trinajstić information content (AvgIpc) is 2.75. The summed E-state index contributed by atoms with van der Waals surface area (Å²) in [5.41, 5.74) is 2.49. The largest absolute Gasteiger partial charge is 0.493 e. The minimum absolute atomic E-state index is 0.286. The topological polar surface area (TPSA) is 85.4 Å². The van der Waals surface area contributed by atoms with E-state index in [9.17, 15) is 4.79 Å². The standard InChI is InChI=1S/C21H26N4O3/c1-27-18-9-8-17(12-19(18)28-2)25-20(26)16-13-23-21(24-14-16)22-11-10-15-6-4-3-5-7-15/h6,8-9,12-14H,3-5,7,10-11H2,1-2H3,(H,25,26)(H,22,23,24). The molecule has 0 saturated heterocycles. The number of anilines is 2. The van der Waals surface area contributed by atoms with Gasteiger partial charge in [-0.1, -0.05) is 11.6 Å². The number of carbonyl (C=O) groups excluding carboxylic acids is 1. The van der Waals surface area contributed by atoms with Crippen LogP contribution in [0.3, 0.4) is 0 Å². The van der Waals surface area contributed by atoms with Gasteiger partial charge in [-0.25, -0.2) is 9.97 Å². The molecule has 3 rings (SSSR count). The SMILES string of the molecule is COc1ccc(NC(=O)c2cnc(NCCC3=CCCCC3)nc2)cc1OC. The van der Waals surface area contributed by atoms with E-state index in [4.69, 9.17) is 9.47 Å². The highest BCUT2D eigenvalue weighted by molar-refractivity contribution is 6.04. The molecule has 7 nitrogen and oxygen atoms in total. The molecule has 1 amide bonds. The van der Waals surface area contributed by atoms with Gasteiger partial charge in [0.2, 0.25) is 5.95 Å². The number of methoxy groups -OCH3 is 2.